The van der Waals surface area contributed by atoms with Gasteiger partial charge in [0.15, 0.2) is 0 Å². The second kappa shape index (κ2) is 5.47. The first-order valence-corrected chi connectivity index (χ1v) is 6.65. The number of piperazine rings is 1. The molecule has 1 aromatic heterocycles. The highest BCUT2D eigenvalue weighted by atomic mass is 16.2. The number of rotatable bonds is 2. The first-order chi connectivity index (χ1) is 8.97. The number of aromatic amines is 1. The molecule has 0 radical (unpaired) electrons. The Kier molecular flexibility index (Phi) is 3.93. The summed E-state index contributed by atoms with van der Waals surface area (Å²) in [5.74, 6) is 0.231. The van der Waals surface area contributed by atoms with Crippen molar-refractivity contribution in [3.63, 3.8) is 0 Å². The van der Waals surface area contributed by atoms with Gasteiger partial charge in [-0.15, -0.1) is 0 Å². The van der Waals surface area contributed by atoms with Gasteiger partial charge in [0.2, 0.25) is 11.8 Å². The number of hydrogen-bond acceptors (Lipinski definition) is 2. The van der Waals surface area contributed by atoms with E-state index in [9.17, 15) is 9.59 Å². The Morgan fingerprint density at radius 3 is 2.21 bits per heavy atom. The van der Waals surface area contributed by atoms with Crippen LogP contribution in [0.25, 0.3) is 0 Å². The second-order valence-corrected chi connectivity index (χ2v) is 5.17. The van der Waals surface area contributed by atoms with Crippen LogP contribution in [0, 0.1) is 13.8 Å². The standard InChI is InChI=1S/C14H21N3O2/c1-10-8-13(11(2)15-10)9-14(19)17-6-4-16(5-7-17)12(3)18/h8,15H,4-7,9H2,1-3H3. The topological polar surface area (TPSA) is 56.4 Å². The van der Waals surface area contributed by atoms with Crippen LogP contribution in [0.1, 0.15) is 23.9 Å². The highest BCUT2D eigenvalue weighted by Gasteiger charge is 2.22. The fourth-order valence-electron chi connectivity index (χ4n) is 2.51. The number of carbonyl (C=O) groups excluding carboxylic acids is 2. The number of nitrogens with zero attached hydrogens (tertiary/aromatic N) is 2. The molecule has 0 unspecified atom stereocenters. The van der Waals surface area contributed by atoms with Crippen LogP contribution in [-0.2, 0) is 16.0 Å². The minimum absolute atomic E-state index is 0.0872. The molecule has 1 fully saturated rings. The first kappa shape index (κ1) is 13.6. The zero-order valence-corrected chi connectivity index (χ0v) is 11.8. The molecule has 0 atom stereocenters. The molecule has 1 saturated heterocycles. The predicted octanol–water partition coefficient (Wildman–Crippen LogP) is 0.865. The number of H-pyrrole nitrogens is 1. The normalized spacial score (nSPS) is 15.7. The lowest BCUT2D eigenvalue weighted by Gasteiger charge is -2.34. The van der Waals surface area contributed by atoms with Crippen molar-refractivity contribution >= 4 is 11.8 Å². The summed E-state index contributed by atoms with van der Waals surface area (Å²) in [6, 6.07) is 2.03. The maximum Gasteiger partial charge on any atom is 0.227 e. The predicted molar refractivity (Wildman–Crippen MR) is 72.8 cm³/mol. The Morgan fingerprint density at radius 2 is 1.74 bits per heavy atom. The number of hydrogen-bond donors (Lipinski definition) is 1. The number of nitrogens with one attached hydrogen (secondary N) is 1. The van der Waals surface area contributed by atoms with Crippen LogP contribution in [0.3, 0.4) is 0 Å². The lowest BCUT2D eigenvalue weighted by molar-refractivity contribution is -0.138. The Bertz CT molecular complexity index is 485. The Labute approximate surface area is 113 Å². The molecule has 2 amide bonds. The molecule has 1 aromatic rings. The maximum absolute atomic E-state index is 12.2. The Morgan fingerprint density at radius 1 is 1.16 bits per heavy atom. The summed E-state index contributed by atoms with van der Waals surface area (Å²) in [5, 5.41) is 0. The molecule has 1 aliphatic rings. The third-order valence-electron chi connectivity index (χ3n) is 3.68. The van der Waals surface area contributed by atoms with Crippen LogP contribution in [0.2, 0.25) is 0 Å². The zero-order valence-electron chi connectivity index (χ0n) is 11.8. The molecule has 1 aliphatic heterocycles. The monoisotopic (exact) mass is 263 g/mol. The van der Waals surface area contributed by atoms with Crippen LogP contribution < -0.4 is 0 Å². The summed E-state index contributed by atoms with van der Waals surface area (Å²) in [6.07, 6.45) is 0.441. The highest BCUT2D eigenvalue weighted by molar-refractivity contribution is 5.80. The summed E-state index contributed by atoms with van der Waals surface area (Å²) in [6.45, 7) is 8.12. The average molecular weight is 263 g/mol. The van der Waals surface area contributed by atoms with E-state index in [0.29, 0.717) is 32.6 Å². The summed E-state index contributed by atoms with van der Waals surface area (Å²) in [5.41, 5.74) is 3.21. The Balaban J connectivity index is 1.91. The van der Waals surface area contributed by atoms with Gasteiger partial charge in [-0.05, 0) is 25.5 Å². The zero-order chi connectivity index (χ0) is 14.0. The van der Waals surface area contributed by atoms with Crippen molar-refractivity contribution in [3.05, 3.63) is 23.0 Å². The van der Waals surface area contributed by atoms with E-state index < -0.39 is 0 Å². The van der Waals surface area contributed by atoms with Crippen molar-refractivity contribution in [1.29, 1.82) is 0 Å². The van der Waals surface area contributed by atoms with E-state index >= 15 is 0 Å². The summed E-state index contributed by atoms with van der Waals surface area (Å²) in [7, 11) is 0. The molecule has 2 rings (SSSR count). The Hall–Kier alpha value is -1.78. The van der Waals surface area contributed by atoms with E-state index in [2.05, 4.69) is 4.98 Å². The highest BCUT2D eigenvalue weighted by Crippen LogP contribution is 2.12. The SMILES string of the molecule is CC(=O)N1CCN(C(=O)Cc2cc(C)[nH]c2C)CC1. The summed E-state index contributed by atoms with van der Waals surface area (Å²) < 4.78 is 0. The molecule has 104 valence electrons. The van der Waals surface area contributed by atoms with Crippen molar-refractivity contribution in [3.8, 4) is 0 Å². The lowest BCUT2D eigenvalue weighted by Crippen LogP contribution is -2.50. The van der Waals surface area contributed by atoms with E-state index in [1.165, 1.54) is 0 Å². The first-order valence-electron chi connectivity index (χ1n) is 6.65. The molecular weight excluding hydrogens is 242 g/mol. The second-order valence-electron chi connectivity index (χ2n) is 5.17. The fourth-order valence-corrected chi connectivity index (χ4v) is 2.51. The number of amides is 2. The van der Waals surface area contributed by atoms with Crippen LogP contribution >= 0.6 is 0 Å². The minimum Gasteiger partial charge on any atom is -0.362 e. The number of aromatic nitrogens is 1. The molecule has 5 nitrogen and oxygen atoms in total. The molecule has 0 bridgehead atoms. The largest absolute Gasteiger partial charge is 0.362 e. The summed E-state index contributed by atoms with van der Waals surface area (Å²) >= 11 is 0. The van der Waals surface area contributed by atoms with Crippen molar-refractivity contribution in [2.45, 2.75) is 27.2 Å². The van der Waals surface area contributed by atoms with Crippen LogP contribution in [0.4, 0.5) is 0 Å². The molecule has 1 N–H and O–H groups in total. The maximum atomic E-state index is 12.2. The molecule has 2 heterocycles. The van der Waals surface area contributed by atoms with Gasteiger partial charge in [0.1, 0.15) is 0 Å². The summed E-state index contributed by atoms with van der Waals surface area (Å²) in [4.78, 5) is 30.3. The van der Waals surface area contributed by atoms with Gasteiger partial charge in [-0.2, -0.15) is 0 Å². The van der Waals surface area contributed by atoms with Gasteiger partial charge in [-0.3, -0.25) is 9.59 Å². The van der Waals surface area contributed by atoms with Gasteiger partial charge in [0.05, 0.1) is 6.42 Å². The smallest absolute Gasteiger partial charge is 0.227 e. The van der Waals surface area contributed by atoms with E-state index in [-0.39, 0.29) is 11.8 Å². The molecule has 5 heteroatoms. The fraction of sp³-hybridized carbons (Fsp3) is 0.571. The van der Waals surface area contributed by atoms with Gasteiger partial charge in [0, 0.05) is 44.5 Å². The third kappa shape index (κ3) is 3.16. The van der Waals surface area contributed by atoms with E-state index in [4.69, 9.17) is 0 Å². The van der Waals surface area contributed by atoms with E-state index in [1.807, 2.05) is 24.8 Å². The van der Waals surface area contributed by atoms with Gasteiger partial charge in [-0.25, -0.2) is 0 Å². The lowest BCUT2D eigenvalue weighted by atomic mass is 10.1. The van der Waals surface area contributed by atoms with Gasteiger partial charge >= 0.3 is 0 Å². The quantitative estimate of drug-likeness (QED) is 0.860. The van der Waals surface area contributed by atoms with Crippen LogP contribution in [0.5, 0.6) is 0 Å². The van der Waals surface area contributed by atoms with Crippen molar-refractivity contribution in [2.75, 3.05) is 26.2 Å². The number of aryl methyl sites for hydroxylation is 2. The van der Waals surface area contributed by atoms with Gasteiger partial charge in [-0.1, -0.05) is 0 Å². The van der Waals surface area contributed by atoms with Crippen molar-refractivity contribution in [1.82, 2.24) is 14.8 Å². The van der Waals surface area contributed by atoms with Crippen LogP contribution in [0.15, 0.2) is 6.07 Å². The van der Waals surface area contributed by atoms with Crippen molar-refractivity contribution in [2.24, 2.45) is 0 Å². The third-order valence-corrected chi connectivity index (χ3v) is 3.68. The molecular formula is C14H21N3O2. The molecule has 0 spiro atoms. The van der Waals surface area contributed by atoms with E-state index in [0.717, 1.165) is 17.0 Å². The molecule has 0 aromatic carbocycles. The van der Waals surface area contributed by atoms with E-state index in [1.54, 1.807) is 11.8 Å². The van der Waals surface area contributed by atoms with Gasteiger partial charge < -0.3 is 14.8 Å². The van der Waals surface area contributed by atoms with Crippen molar-refractivity contribution < 1.29 is 9.59 Å². The minimum atomic E-state index is 0.0872. The molecule has 0 saturated carbocycles. The number of carbonyl (C=O) groups is 2. The van der Waals surface area contributed by atoms with Crippen LogP contribution in [-0.4, -0.2) is 52.8 Å². The van der Waals surface area contributed by atoms with Gasteiger partial charge in [0.25, 0.3) is 0 Å². The average Bonchev–Trinajstić information content (AvgIpc) is 2.68. The molecule has 19 heavy (non-hydrogen) atoms. The molecule has 0 aliphatic carbocycles.